The van der Waals surface area contributed by atoms with Gasteiger partial charge in [-0.05, 0) is 18.1 Å². The van der Waals surface area contributed by atoms with E-state index in [0.717, 1.165) is 12.0 Å². The van der Waals surface area contributed by atoms with Gasteiger partial charge in [0.05, 0.1) is 22.6 Å². The summed E-state index contributed by atoms with van der Waals surface area (Å²) in [4.78, 5) is 4.24. The molecule has 0 aliphatic carbocycles. The van der Waals surface area contributed by atoms with Gasteiger partial charge < -0.3 is 5.11 Å². The van der Waals surface area contributed by atoms with Gasteiger partial charge in [-0.25, -0.2) is 0 Å². The third-order valence-electron chi connectivity index (χ3n) is 2.76. The summed E-state index contributed by atoms with van der Waals surface area (Å²) in [5.41, 5.74) is 2.22. The predicted octanol–water partition coefficient (Wildman–Crippen LogP) is 2.11. The first kappa shape index (κ1) is 12.1. The summed E-state index contributed by atoms with van der Waals surface area (Å²) < 4.78 is 1.57. The Hall–Kier alpha value is -1.39. The van der Waals surface area contributed by atoms with Crippen LogP contribution in [0.4, 0.5) is 0 Å². The van der Waals surface area contributed by atoms with E-state index in [1.54, 1.807) is 17.9 Å². The topological polar surface area (TPSA) is 50.9 Å². The minimum absolute atomic E-state index is 0.452. The first-order valence-electron chi connectivity index (χ1n) is 5.44. The average Bonchev–Trinajstić information content (AvgIpc) is 2.68. The Morgan fingerprint density at radius 1 is 1.53 bits per heavy atom. The second kappa shape index (κ2) is 4.85. The molecule has 1 N–H and O–H groups in total. The number of aromatic nitrogens is 3. The summed E-state index contributed by atoms with van der Waals surface area (Å²) >= 11 is 6.01. The van der Waals surface area contributed by atoms with Gasteiger partial charge in [0, 0.05) is 13.2 Å². The summed E-state index contributed by atoms with van der Waals surface area (Å²) in [6.45, 7) is 2.03. The molecule has 2 heterocycles. The molecule has 0 fully saturated rings. The molecule has 0 saturated heterocycles. The van der Waals surface area contributed by atoms with E-state index in [4.69, 9.17) is 11.6 Å². The van der Waals surface area contributed by atoms with Crippen molar-refractivity contribution < 1.29 is 5.11 Å². The fourth-order valence-electron chi connectivity index (χ4n) is 1.85. The van der Waals surface area contributed by atoms with Crippen molar-refractivity contribution in [1.29, 1.82) is 0 Å². The number of pyridine rings is 1. The molecule has 0 aromatic carbocycles. The number of aliphatic hydroxyl groups is 1. The molecular weight excluding hydrogens is 238 g/mol. The molecule has 17 heavy (non-hydrogen) atoms. The third-order valence-corrected chi connectivity index (χ3v) is 3.05. The Morgan fingerprint density at radius 2 is 2.29 bits per heavy atom. The lowest BCUT2D eigenvalue weighted by Crippen LogP contribution is -2.11. The van der Waals surface area contributed by atoms with Crippen molar-refractivity contribution in [3.8, 4) is 0 Å². The van der Waals surface area contributed by atoms with Crippen molar-refractivity contribution in [2.24, 2.45) is 7.05 Å². The van der Waals surface area contributed by atoms with Crippen LogP contribution >= 0.6 is 11.6 Å². The number of rotatable bonds is 3. The number of aryl methyl sites for hydroxylation is 2. The van der Waals surface area contributed by atoms with E-state index >= 15 is 0 Å². The lowest BCUT2D eigenvalue weighted by atomic mass is 10.0. The van der Waals surface area contributed by atoms with Crippen molar-refractivity contribution in [1.82, 2.24) is 14.8 Å². The van der Waals surface area contributed by atoms with Gasteiger partial charge in [0.25, 0.3) is 0 Å². The van der Waals surface area contributed by atoms with E-state index in [2.05, 4.69) is 10.1 Å². The maximum atomic E-state index is 10.3. The third kappa shape index (κ3) is 2.18. The van der Waals surface area contributed by atoms with E-state index in [0.29, 0.717) is 16.4 Å². The first-order chi connectivity index (χ1) is 8.15. The van der Waals surface area contributed by atoms with Gasteiger partial charge in [-0.2, -0.15) is 5.10 Å². The van der Waals surface area contributed by atoms with E-state index < -0.39 is 6.10 Å². The highest BCUT2D eigenvalue weighted by atomic mass is 35.5. The highest BCUT2D eigenvalue weighted by Crippen LogP contribution is 2.28. The van der Waals surface area contributed by atoms with Crippen LogP contribution in [-0.4, -0.2) is 19.9 Å². The minimum Gasteiger partial charge on any atom is -0.380 e. The first-order valence-corrected chi connectivity index (χ1v) is 5.82. The Bertz CT molecular complexity index is 505. The van der Waals surface area contributed by atoms with Crippen LogP contribution in [0.15, 0.2) is 24.5 Å². The molecule has 90 valence electrons. The van der Waals surface area contributed by atoms with Gasteiger partial charge in [0.2, 0.25) is 0 Å². The summed E-state index contributed by atoms with van der Waals surface area (Å²) in [5.74, 6) is 0. The molecule has 2 aromatic rings. The van der Waals surface area contributed by atoms with Crippen molar-refractivity contribution in [2.75, 3.05) is 0 Å². The van der Waals surface area contributed by atoms with Gasteiger partial charge in [0.15, 0.2) is 0 Å². The van der Waals surface area contributed by atoms with Crippen LogP contribution in [0.1, 0.15) is 30.0 Å². The van der Waals surface area contributed by atoms with E-state index in [9.17, 15) is 5.11 Å². The van der Waals surface area contributed by atoms with Gasteiger partial charge >= 0.3 is 0 Å². The number of hydrogen-bond donors (Lipinski definition) is 1. The predicted molar refractivity (Wildman–Crippen MR) is 65.9 cm³/mol. The summed E-state index contributed by atoms with van der Waals surface area (Å²) in [6.07, 6.45) is 3.16. The second-order valence-electron chi connectivity index (χ2n) is 3.81. The average molecular weight is 252 g/mol. The lowest BCUT2D eigenvalue weighted by molar-refractivity contribution is 0.204. The molecule has 0 spiro atoms. The zero-order chi connectivity index (χ0) is 12.4. The molecule has 0 aliphatic heterocycles. The quantitative estimate of drug-likeness (QED) is 0.909. The Balaban J connectivity index is 2.47. The van der Waals surface area contributed by atoms with Gasteiger partial charge in [-0.15, -0.1) is 0 Å². The minimum atomic E-state index is -0.842. The zero-order valence-electron chi connectivity index (χ0n) is 9.76. The standard InChI is InChI=1S/C12H14ClN3O/c1-3-8-5-4-6-14-10(8)12(17)11-9(13)7-15-16(11)2/h4-7,12,17H,3H2,1-2H3. The largest absolute Gasteiger partial charge is 0.380 e. The smallest absolute Gasteiger partial charge is 0.139 e. The number of hydrogen-bond acceptors (Lipinski definition) is 3. The highest BCUT2D eigenvalue weighted by molar-refractivity contribution is 6.31. The molecular formula is C12H14ClN3O. The van der Waals surface area contributed by atoms with E-state index in [1.165, 1.54) is 6.20 Å². The number of nitrogens with zero attached hydrogens (tertiary/aromatic N) is 3. The molecule has 2 rings (SSSR count). The molecule has 4 nitrogen and oxygen atoms in total. The van der Waals surface area contributed by atoms with Crippen LogP contribution in [0.2, 0.25) is 5.02 Å². The van der Waals surface area contributed by atoms with Crippen LogP contribution in [0.25, 0.3) is 0 Å². The normalized spacial score (nSPS) is 12.7. The summed E-state index contributed by atoms with van der Waals surface area (Å²) in [6, 6.07) is 3.82. The maximum absolute atomic E-state index is 10.3. The molecule has 0 bridgehead atoms. The molecule has 5 heteroatoms. The van der Waals surface area contributed by atoms with E-state index in [1.807, 2.05) is 19.1 Å². The van der Waals surface area contributed by atoms with Gasteiger partial charge in [-0.1, -0.05) is 24.6 Å². The van der Waals surface area contributed by atoms with Crippen molar-refractivity contribution in [3.63, 3.8) is 0 Å². The molecule has 2 aromatic heterocycles. The summed E-state index contributed by atoms with van der Waals surface area (Å²) in [7, 11) is 1.75. The van der Waals surface area contributed by atoms with Crippen LogP contribution in [0.3, 0.4) is 0 Å². The zero-order valence-corrected chi connectivity index (χ0v) is 10.5. The second-order valence-corrected chi connectivity index (χ2v) is 4.21. The lowest BCUT2D eigenvalue weighted by Gasteiger charge is -2.14. The Morgan fingerprint density at radius 3 is 2.88 bits per heavy atom. The molecule has 1 unspecified atom stereocenters. The number of halogens is 1. The highest BCUT2D eigenvalue weighted by Gasteiger charge is 2.21. The maximum Gasteiger partial charge on any atom is 0.139 e. The molecule has 0 amide bonds. The van der Waals surface area contributed by atoms with Gasteiger partial charge in [-0.3, -0.25) is 9.67 Å². The fraction of sp³-hybridized carbons (Fsp3) is 0.333. The Labute approximate surface area is 105 Å². The Kier molecular flexibility index (Phi) is 3.45. The number of aliphatic hydroxyl groups excluding tert-OH is 1. The van der Waals surface area contributed by atoms with Crippen LogP contribution < -0.4 is 0 Å². The van der Waals surface area contributed by atoms with Crippen molar-refractivity contribution >= 4 is 11.6 Å². The summed E-state index contributed by atoms with van der Waals surface area (Å²) in [5, 5.41) is 14.8. The van der Waals surface area contributed by atoms with E-state index in [-0.39, 0.29) is 0 Å². The van der Waals surface area contributed by atoms with Crippen molar-refractivity contribution in [3.05, 3.63) is 46.5 Å². The molecule has 0 aliphatic rings. The van der Waals surface area contributed by atoms with Crippen LogP contribution in [0.5, 0.6) is 0 Å². The van der Waals surface area contributed by atoms with Gasteiger partial charge in [0.1, 0.15) is 6.10 Å². The van der Waals surface area contributed by atoms with Crippen LogP contribution in [-0.2, 0) is 13.5 Å². The monoisotopic (exact) mass is 251 g/mol. The fourth-order valence-corrected chi connectivity index (χ4v) is 2.12. The molecule has 0 radical (unpaired) electrons. The molecule has 1 atom stereocenters. The molecule has 0 saturated carbocycles. The van der Waals surface area contributed by atoms with Crippen LogP contribution in [0, 0.1) is 0 Å². The van der Waals surface area contributed by atoms with Crippen molar-refractivity contribution in [2.45, 2.75) is 19.4 Å². The SMILES string of the molecule is CCc1cccnc1C(O)c1c(Cl)cnn1C.